The first-order chi connectivity index (χ1) is 11.2. The molecule has 1 amide bonds. The van der Waals surface area contributed by atoms with Crippen molar-refractivity contribution >= 4 is 5.91 Å². The molecule has 2 atom stereocenters. The van der Waals surface area contributed by atoms with Gasteiger partial charge in [-0.1, -0.05) is 12.1 Å². The van der Waals surface area contributed by atoms with Gasteiger partial charge in [0.05, 0.1) is 19.3 Å². The molecule has 2 heterocycles. The molecule has 6 heteroatoms. The van der Waals surface area contributed by atoms with Crippen molar-refractivity contribution in [2.45, 2.75) is 12.5 Å². The van der Waals surface area contributed by atoms with Crippen molar-refractivity contribution in [1.29, 1.82) is 0 Å². The maximum atomic E-state index is 13.5. The number of hydrogen-bond donors (Lipinski definition) is 1. The highest BCUT2D eigenvalue weighted by Crippen LogP contribution is 2.23. The number of hydrogen-bond acceptors (Lipinski definition) is 4. The third-order valence-electron chi connectivity index (χ3n) is 4.40. The van der Waals surface area contributed by atoms with E-state index in [1.807, 2.05) is 6.07 Å². The number of piperazine rings is 1. The monoisotopic (exact) mass is 322 g/mol. The maximum absolute atomic E-state index is 13.5. The van der Waals surface area contributed by atoms with Gasteiger partial charge in [-0.05, 0) is 24.1 Å². The number of amides is 1. The summed E-state index contributed by atoms with van der Waals surface area (Å²) in [7, 11) is 0. The van der Waals surface area contributed by atoms with E-state index in [9.17, 15) is 9.18 Å². The van der Waals surface area contributed by atoms with Crippen molar-refractivity contribution in [3.05, 3.63) is 35.6 Å². The molecular formula is C17H23FN2O3. The lowest BCUT2D eigenvalue weighted by Gasteiger charge is -2.36. The maximum Gasteiger partial charge on any atom is 0.249 e. The van der Waals surface area contributed by atoms with Crippen LogP contribution in [0.5, 0.6) is 0 Å². The number of nitrogens with one attached hydrogen (secondary N) is 1. The van der Waals surface area contributed by atoms with Gasteiger partial charge in [-0.2, -0.15) is 0 Å². The molecule has 0 aliphatic carbocycles. The molecule has 0 radical (unpaired) electrons. The van der Waals surface area contributed by atoms with E-state index in [0.29, 0.717) is 32.2 Å². The van der Waals surface area contributed by atoms with Crippen LogP contribution in [0.15, 0.2) is 24.3 Å². The molecule has 5 nitrogen and oxygen atoms in total. The summed E-state index contributed by atoms with van der Waals surface area (Å²) in [6.07, 6.45) is 0.994. The molecule has 0 saturated carbocycles. The second-order valence-corrected chi connectivity index (χ2v) is 6.11. The summed E-state index contributed by atoms with van der Waals surface area (Å²) in [4.78, 5) is 14.3. The molecule has 2 aliphatic rings. The van der Waals surface area contributed by atoms with Gasteiger partial charge in [-0.15, -0.1) is 0 Å². The SMILES string of the molecule is O=C(COCC1CCOC1)N1CCNCC1c1cccc(F)c1. The fourth-order valence-corrected chi connectivity index (χ4v) is 3.13. The van der Waals surface area contributed by atoms with Crippen LogP contribution >= 0.6 is 0 Å². The van der Waals surface area contributed by atoms with Crippen molar-refractivity contribution in [2.24, 2.45) is 5.92 Å². The molecule has 23 heavy (non-hydrogen) atoms. The van der Waals surface area contributed by atoms with Gasteiger partial charge in [0.1, 0.15) is 12.4 Å². The molecule has 1 aromatic carbocycles. The van der Waals surface area contributed by atoms with Gasteiger partial charge in [-0.3, -0.25) is 4.79 Å². The molecule has 2 saturated heterocycles. The van der Waals surface area contributed by atoms with Crippen LogP contribution in [0.25, 0.3) is 0 Å². The Labute approximate surface area is 135 Å². The Morgan fingerprint density at radius 1 is 1.48 bits per heavy atom. The number of benzene rings is 1. The third-order valence-corrected chi connectivity index (χ3v) is 4.40. The van der Waals surface area contributed by atoms with E-state index in [4.69, 9.17) is 9.47 Å². The van der Waals surface area contributed by atoms with Gasteiger partial charge >= 0.3 is 0 Å². The average Bonchev–Trinajstić information content (AvgIpc) is 3.08. The van der Waals surface area contributed by atoms with Crippen LogP contribution in [-0.2, 0) is 14.3 Å². The minimum Gasteiger partial charge on any atom is -0.381 e. The smallest absolute Gasteiger partial charge is 0.249 e. The lowest BCUT2D eigenvalue weighted by atomic mass is 10.0. The van der Waals surface area contributed by atoms with E-state index in [1.54, 1.807) is 11.0 Å². The van der Waals surface area contributed by atoms with Crippen molar-refractivity contribution in [1.82, 2.24) is 10.2 Å². The molecule has 1 N–H and O–H groups in total. The number of rotatable bonds is 5. The van der Waals surface area contributed by atoms with E-state index in [0.717, 1.165) is 25.1 Å². The van der Waals surface area contributed by atoms with E-state index in [-0.39, 0.29) is 24.4 Å². The van der Waals surface area contributed by atoms with E-state index >= 15 is 0 Å². The summed E-state index contributed by atoms with van der Waals surface area (Å²) in [6.45, 7) is 4.11. The lowest BCUT2D eigenvalue weighted by Crippen LogP contribution is -2.49. The molecular weight excluding hydrogens is 299 g/mol. The first-order valence-electron chi connectivity index (χ1n) is 8.15. The van der Waals surface area contributed by atoms with Crippen LogP contribution in [0.1, 0.15) is 18.0 Å². The van der Waals surface area contributed by atoms with Gasteiger partial charge in [0.15, 0.2) is 0 Å². The number of halogens is 1. The topological polar surface area (TPSA) is 50.8 Å². The summed E-state index contributed by atoms with van der Waals surface area (Å²) in [5, 5.41) is 3.26. The van der Waals surface area contributed by atoms with Crippen molar-refractivity contribution in [3.8, 4) is 0 Å². The first-order valence-corrected chi connectivity index (χ1v) is 8.15. The zero-order valence-corrected chi connectivity index (χ0v) is 13.2. The van der Waals surface area contributed by atoms with Gasteiger partial charge in [0.2, 0.25) is 5.91 Å². The van der Waals surface area contributed by atoms with Crippen LogP contribution in [0.3, 0.4) is 0 Å². The molecule has 2 unspecified atom stereocenters. The third kappa shape index (κ3) is 4.28. The number of ether oxygens (including phenoxy) is 2. The summed E-state index contributed by atoms with van der Waals surface area (Å²) in [6, 6.07) is 6.30. The standard InChI is InChI=1S/C17H23FN2O3/c18-15-3-1-2-14(8-15)16-9-19-5-6-20(16)17(21)12-23-11-13-4-7-22-10-13/h1-3,8,13,16,19H,4-7,9-12H2. The Kier molecular flexibility index (Phi) is 5.59. The second kappa shape index (κ2) is 7.86. The normalized spacial score (nSPS) is 24.8. The molecule has 0 bridgehead atoms. The van der Waals surface area contributed by atoms with Crippen LogP contribution in [0, 0.1) is 11.7 Å². The highest BCUT2D eigenvalue weighted by Gasteiger charge is 2.28. The predicted molar refractivity (Wildman–Crippen MR) is 83.5 cm³/mol. The predicted octanol–water partition coefficient (Wildman–Crippen LogP) is 1.35. The highest BCUT2D eigenvalue weighted by molar-refractivity contribution is 5.78. The quantitative estimate of drug-likeness (QED) is 0.889. The number of carbonyl (C=O) groups excluding carboxylic acids is 1. The van der Waals surface area contributed by atoms with E-state index in [2.05, 4.69) is 5.32 Å². The number of carbonyl (C=O) groups is 1. The van der Waals surface area contributed by atoms with E-state index in [1.165, 1.54) is 12.1 Å². The van der Waals surface area contributed by atoms with Crippen LogP contribution in [0.2, 0.25) is 0 Å². The fraction of sp³-hybridized carbons (Fsp3) is 0.588. The van der Waals surface area contributed by atoms with Crippen molar-refractivity contribution in [2.75, 3.05) is 46.1 Å². The molecule has 0 aromatic heterocycles. The van der Waals surface area contributed by atoms with Crippen LogP contribution < -0.4 is 5.32 Å². The summed E-state index contributed by atoms with van der Waals surface area (Å²) in [5.41, 5.74) is 0.815. The average molecular weight is 322 g/mol. The van der Waals surface area contributed by atoms with Crippen molar-refractivity contribution < 1.29 is 18.7 Å². The zero-order valence-electron chi connectivity index (χ0n) is 13.2. The summed E-state index contributed by atoms with van der Waals surface area (Å²) < 4.78 is 24.3. The van der Waals surface area contributed by atoms with Gasteiger partial charge in [0, 0.05) is 32.2 Å². The Balaban J connectivity index is 1.57. The van der Waals surface area contributed by atoms with E-state index < -0.39 is 0 Å². The van der Waals surface area contributed by atoms with Crippen molar-refractivity contribution in [3.63, 3.8) is 0 Å². The molecule has 2 fully saturated rings. The second-order valence-electron chi connectivity index (χ2n) is 6.11. The number of nitrogens with zero attached hydrogens (tertiary/aromatic N) is 1. The fourth-order valence-electron chi connectivity index (χ4n) is 3.13. The molecule has 0 spiro atoms. The molecule has 1 aromatic rings. The zero-order chi connectivity index (χ0) is 16.1. The Bertz CT molecular complexity index is 534. The summed E-state index contributed by atoms with van der Waals surface area (Å²) >= 11 is 0. The summed E-state index contributed by atoms with van der Waals surface area (Å²) in [5.74, 6) is 0.0717. The van der Waals surface area contributed by atoms with Gasteiger partial charge in [-0.25, -0.2) is 4.39 Å². The lowest BCUT2D eigenvalue weighted by molar-refractivity contribution is -0.140. The molecule has 2 aliphatic heterocycles. The molecule has 3 rings (SSSR count). The van der Waals surface area contributed by atoms with Gasteiger partial charge in [0.25, 0.3) is 0 Å². The first kappa shape index (κ1) is 16.4. The highest BCUT2D eigenvalue weighted by atomic mass is 19.1. The minimum atomic E-state index is -0.280. The minimum absolute atomic E-state index is 0.0420. The Morgan fingerprint density at radius 3 is 3.17 bits per heavy atom. The largest absolute Gasteiger partial charge is 0.381 e. The van der Waals surface area contributed by atoms with Crippen LogP contribution in [0.4, 0.5) is 4.39 Å². The Hall–Kier alpha value is -1.50. The molecule has 126 valence electrons. The van der Waals surface area contributed by atoms with Crippen LogP contribution in [-0.4, -0.2) is 56.9 Å². The van der Waals surface area contributed by atoms with Gasteiger partial charge < -0.3 is 19.7 Å². The Morgan fingerprint density at radius 2 is 2.39 bits per heavy atom.